The van der Waals surface area contributed by atoms with Gasteiger partial charge in [0.2, 0.25) is 21.8 Å². The number of carbonyl (C=O) groups excluding carboxylic acids is 2. The number of benzene rings is 2. The van der Waals surface area contributed by atoms with Gasteiger partial charge < -0.3 is 10.2 Å². The van der Waals surface area contributed by atoms with Crippen molar-refractivity contribution in [3.8, 4) is 0 Å². The number of amides is 2. The van der Waals surface area contributed by atoms with Crippen LogP contribution in [0.3, 0.4) is 0 Å². The van der Waals surface area contributed by atoms with Crippen LogP contribution in [-0.4, -0.2) is 50.5 Å². The molecule has 2 aromatic carbocycles. The van der Waals surface area contributed by atoms with Gasteiger partial charge in [-0.25, -0.2) is 8.42 Å². The van der Waals surface area contributed by atoms with Crippen molar-refractivity contribution in [1.29, 1.82) is 0 Å². The molecule has 1 N–H and O–H groups in total. The van der Waals surface area contributed by atoms with E-state index >= 15 is 0 Å². The monoisotopic (exact) mass is 547 g/mol. The molecule has 0 aliphatic heterocycles. The molecule has 0 radical (unpaired) electrons. The van der Waals surface area contributed by atoms with E-state index in [1.807, 2.05) is 6.92 Å². The summed E-state index contributed by atoms with van der Waals surface area (Å²) in [5, 5.41) is 3.40. The highest BCUT2D eigenvalue weighted by molar-refractivity contribution is 7.92. The molecule has 0 saturated carbocycles. The van der Waals surface area contributed by atoms with Crippen LogP contribution in [0, 0.1) is 0 Å². The summed E-state index contributed by atoms with van der Waals surface area (Å²) >= 11 is 18.6. The first-order chi connectivity index (χ1) is 16.0. The Labute approximate surface area is 216 Å². The fourth-order valence-electron chi connectivity index (χ4n) is 3.21. The standard InChI is InChI=1S/C23H28Cl3N3O4S/c1-4-5-13-27-23(31)16(2)28(14-17-9-6-7-10-18(17)24)21(30)15-29(34(3,32)33)20-12-8-11-19(25)22(20)26/h6-12,16H,4-5,13-15H2,1-3H3,(H,27,31). The van der Waals surface area contributed by atoms with Crippen molar-refractivity contribution < 1.29 is 18.0 Å². The summed E-state index contributed by atoms with van der Waals surface area (Å²) in [6.07, 6.45) is 2.67. The first kappa shape index (κ1) is 28.2. The topological polar surface area (TPSA) is 86.8 Å². The lowest BCUT2D eigenvalue weighted by atomic mass is 10.1. The van der Waals surface area contributed by atoms with Gasteiger partial charge in [-0.3, -0.25) is 13.9 Å². The lowest BCUT2D eigenvalue weighted by Gasteiger charge is -2.32. The zero-order valence-electron chi connectivity index (χ0n) is 19.2. The van der Waals surface area contributed by atoms with Gasteiger partial charge in [0, 0.05) is 18.1 Å². The highest BCUT2D eigenvalue weighted by Crippen LogP contribution is 2.33. The summed E-state index contributed by atoms with van der Waals surface area (Å²) in [4.78, 5) is 27.6. The SMILES string of the molecule is CCCCNC(=O)C(C)N(Cc1ccccc1Cl)C(=O)CN(c1cccc(Cl)c1Cl)S(C)(=O)=O. The summed E-state index contributed by atoms with van der Waals surface area (Å²) in [7, 11) is -3.91. The molecule has 0 heterocycles. The second-order valence-electron chi connectivity index (χ2n) is 7.78. The molecule has 186 valence electrons. The van der Waals surface area contributed by atoms with Crippen LogP contribution in [0.25, 0.3) is 0 Å². The molecule has 0 aliphatic rings. The quantitative estimate of drug-likeness (QED) is 0.411. The first-order valence-corrected chi connectivity index (χ1v) is 13.7. The number of halogens is 3. The molecule has 0 spiro atoms. The second kappa shape index (κ2) is 12.6. The van der Waals surface area contributed by atoms with Gasteiger partial charge >= 0.3 is 0 Å². The number of nitrogens with one attached hydrogen (secondary N) is 1. The number of rotatable bonds is 11. The summed E-state index contributed by atoms with van der Waals surface area (Å²) in [6.45, 7) is 3.51. The molecular formula is C23H28Cl3N3O4S. The van der Waals surface area contributed by atoms with Crippen molar-refractivity contribution in [1.82, 2.24) is 10.2 Å². The van der Waals surface area contributed by atoms with Gasteiger partial charge in [0.1, 0.15) is 12.6 Å². The molecule has 1 unspecified atom stereocenters. The molecule has 0 bridgehead atoms. The Kier molecular flexibility index (Phi) is 10.5. The third-order valence-electron chi connectivity index (χ3n) is 5.17. The van der Waals surface area contributed by atoms with Crippen molar-refractivity contribution in [3.63, 3.8) is 0 Å². The van der Waals surface area contributed by atoms with Crippen LogP contribution in [0.1, 0.15) is 32.3 Å². The molecule has 11 heteroatoms. The Bertz CT molecular complexity index is 1130. The third kappa shape index (κ3) is 7.50. The van der Waals surface area contributed by atoms with E-state index in [0.29, 0.717) is 17.1 Å². The van der Waals surface area contributed by atoms with Gasteiger partial charge in [-0.15, -0.1) is 0 Å². The maximum atomic E-state index is 13.5. The molecule has 0 saturated heterocycles. The van der Waals surface area contributed by atoms with E-state index in [1.165, 1.54) is 23.1 Å². The smallest absolute Gasteiger partial charge is 0.244 e. The second-order valence-corrected chi connectivity index (χ2v) is 10.9. The van der Waals surface area contributed by atoms with Crippen LogP contribution < -0.4 is 9.62 Å². The van der Waals surface area contributed by atoms with E-state index in [0.717, 1.165) is 23.4 Å². The average Bonchev–Trinajstić information content (AvgIpc) is 2.77. The van der Waals surface area contributed by atoms with E-state index in [2.05, 4.69) is 5.32 Å². The minimum Gasteiger partial charge on any atom is -0.354 e. The highest BCUT2D eigenvalue weighted by atomic mass is 35.5. The Morgan fingerprint density at radius 1 is 1.03 bits per heavy atom. The average molecular weight is 549 g/mol. The van der Waals surface area contributed by atoms with E-state index in [-0.39, 0.29) is 28.2 Å². The predicted octanol–water partition coefficient (Wildman–Crippen LogP) is 4.75. The van der Waals surface area contributed by atoms with E-state index in [4.69, 9.17) is 34.8 Å². The number of nitrogens with zero attached hydrogens (tertiary/aromatic N) is 2. The zero-order chi connectivity index (χ0) is 25.5. The Balaban J connectivity index is 2.41. The van der Waals surface area contributed by atoms with Gasteiger partial charge in [0.05, 0.1) is 22.0 Å². The molecule has 0 aromatic heterocycles. The molecule has 7 nitrogen and oxygen atoms in total. The lowest BCUT2D eigenvalue weighted by Crippen LogP contribution is -2.51. The van der Waals surface area contributed by atoms with Gasteiger partial charge in [-0.1, -0.05) is 72.4 Å². The molecule has 1 atom stereocenters. The van der Waals surface area contributed by atoms with Crippen LogP contribution in [0.2, 0.25) is 15.1 Å². The lowest BCUT2D eigenvalue weighted by molar-refractivity contribution is -0.139. The minimum atomic E-state index is -3.91. The molecule has 0 fully saturated rings. The number of hydrogen-bond acceptors (Lipinski definition) is 4. The van der Waals surface area contributed by atoms with Crippen LogP contribution in [-0.2, 0) is 26.2 Å². The number of carbonyl (C=O) groups is 2. The van der Waals surface area contributed by atoms with Gasteiger partial charge in [0.15, 0.2) is 0 Å². The third-order valence-corrected chi connectivity index (χ3v) is 7.48. The van der Waals surface area contributed by atoms with Gasteiger partial charge in [-0.05, 0) is 37.1 Å². The van der Waals surface area contributed by atoms with Crippen molar-refractivity contribution in [3.05, 3.63) is 63.1 Å². The van der Waals surface area contributed by atoms with Crippen LogP contribution in [0.15, 0.2) is 42.5 Å². The summed E-state index contributed by atoms with van der Waals surface area (Å²) in [5.41, 5.74) is 0.695. The van der Waals surface area contributed by atoms with E-state index < -0.39 is 28.5 Å². The fourth-order valence-corrected chi connectivity index (χ4v) is 4.71. The summed E-state index contributed by atoms with van der Waals surface area (Å²) in [6, 6.07) is 10.6. The normalized spacial score (nSPS) is 12.2. The maximum absolute atomic E-state index is 13.5. The maximum Gasteiger partial charge on any atom is 0.244 e. The fraction of sp³-hybridized carbons (Fsp3) is 0.391. The molecule has 2 amide bonds. The van der Waals surface area contributed by atoms with Crippen LogP contribution >= 0.6 is 34.8 Å². The number of hydrogen-bond donors (Lipinski definition) is 1. The molecule has 0 aliphatic carbocycles. The summed E-state index contributed by atoms with van der Waals surface area (Å²) in [5.74, 6) is -0.944. The van der Waals surface area contributed by atoms with Crippen LogP contribution in [0.5, 0.6) is 0 Å². The number of sulfonamides is 1. The van der Waals surface area contributed by atoms with Gasteiger partial charge in [0.25, 0.3) is 0 Å². The Morgan fingerprint density at radius 3 is 2.29 bits per heavy atom. The van der Waals surface area contributed by atoms with Crippen molar-refractivity contribution in [2.24, 2.45) is 0 Å². The summed E-state index contributed by atoms with van der Waals surface area (Å²) < 4.78 is 26.1. The van der Waals surface area contributed by atoms with Crippen LogP contribution in [0.4, 0.5) is 5.69 Å². The predicted molar refractivity (Wildman–Crippen MR) is 138 cm³/mol. The van der Waals surface area contributed by atoms with E-state index in [1.54, 1.807) is 31.2 Å². The number of anilines is 1. The molecule has 34 heavy (non-hydrogen) atoms. The zero-order valence-corrected chi connectivity index (χ0v) is 22.3. The molecule has 2 rings (SSSR count). The van der Waals surface area contributed by atoms with Gasteiger partial charge in [-0.2, -0.15) is 0 Å². The highest BCUT2D eigenvalue weighted by Gasteiger charge is 2.31. The molecule has 2 aromatic rings. The Morgan fingerprint density at radius 2 is 1.68 bits per heavy atom. The molecular weight excluding hydrogens is 521 g/mol. The van der Waals surface area contributed by atoms with Crippen molar-refractivity contribution in [2.45, 2.75) is 39.3 Å². The largest absolute Gasteiger partial charge is 0.354 e. The Hall–Kier alpha value is -2.00. The van der Waals surface area contributed by atoms with Crippen molar-refractivity contribution >= 4 is 62.3 Å². The first-order valence-electron chi connectivity index (χ1n) is 10.7. The minimum absolute atomic E-state index is 0.00500. The van der Waals surface area contributed by atoms with E-state index in [9.17, 15) is 18.0 Å². The van der Waals surface area contributed by atoms with Crippen molar-refractivity contribution in [2.75, 3.05) is 23.7 Å². The number of unbranched alkanes of at least 4 members (excludes halogenated alkanes) is 1.